The van der Waals surface area contributed by atoms with E-state index >= 15 is 0 Å². The van der Waals surface area contributed by atoms with Gasteiger partial charge in [-0.05, 0) is 31.2 Å². The molecule has 1 atom stereocenters. The van der Waals surface area contributed by atoms with Crippen molar-refractivity contribution in [1.29, 1.82) is 0 Å². The van der Waals surface area contributed by atoms with E-state index in [2.05, 4.69) is 10.4 Å². The van der Waals surface area contributed by atoms with Gasteiger partial charge in [-0.3, -0.25) is 4.68 Å². The highest BCUT2D eigenvalue weighted by Gasteiger charge is 2.15. The predicted octanol–water partition coefficient (Wildman–Crippen LogP) is 2.06. The van der Waals surface area contributed by atoms with Gasteiger partial charge in [0.15, 0.2) is 0 Å². The third-order valence-electron chi connectivity index (χ3n) is 2.95. The molecule has 90 valence electrons. The Labute approximate surface area is 100 Å². The summed E-state index contributed by atoms with van der Waals surface area (Å²) in [6, 6.07) is 8.88. The lowest BCUT2D eigenvalue weighted by Gasteiger charge is -2.16. The van der Waals surface area contributed by atoms with E-state index in [9.17, 15) is 4.39 Å². The van der Waals surface area contributed by atoms with Gasteiger partial charge in [-0.25, -0.2) is 4.39 Å². The molecule has 0 spiro atoms. The van der Waals surface area contributed by atoms with Crippen molar-refractivity contribution in [2.24, 2.45) is 7.05 Å². The number of aryl methyl sites for hydroxylation is 1. The lowest BCUT2D eigenvalue weighted by Crippen LogP contribution is -2.22. The second-order valence-electron chi connectivity index (χ2n) is 4.02. The van der Waals surface area contributed by atoms with Crippen molar-refractivity contribution in [1.82, 2.24) is 15.1 Å². The Hall–Kier alpha value is -1.68. The first-order chi connectivity index (χ1) is 8.22. The van der Waals surface area contributed by atoms with Gasteiger partial charge in [0.2, 0.25) is 0 Å². The van der Waals surface area contributed by atoms with Crippen molar-refractivity contribution < 1.29 is 4.39 Å². The van der Waals surface area contributed by atoms with E-state index in [0.29, 0.717) is 12.0 Å². The number of nitrogens with zero attached hydrogens (tertiary/aromatic N) is 2. The average Bonchev–Trinajstić information content (AvgIpc) is 2.75. The number of hydrogen-bond donors (Lipinski definition) is 1. The molecule has 0 aliphatic heterocycles. The molecule has 0 saturated carbocycles. The zero-order valence-electron chi connectivity index (χ0n) is 10.0. The molecule has 2 aromatic rings. The van der Waals surface area contributed by atoms with Crippen LogP contribution in [0.1, 0.15) is 17.3 Å². The minimum Gasteiger partial charge on any atom is -0.311 e. The molecule has 1 aromatic carbocycles. The SMILES string of the molecule is CNC(Cc1ccccc1F)c1ccnn1C. The summed E-state index contributed by atoms with van der Waals surface area (Å²) in [5.74, 6) is -0.157. The number of rotatable bonds is 4. The lowest BCUT2D eigenvalue weighted by atomic mass is 10.0. The van der Waals surface area contributed by atoms with Crippen LogP contribution >= 0.6 is 0 Å². The molecule has 0 saturated heterocycles. The van der Waals surface area contributed by atoms with Crippen molar-refractivity contribution in [3.63, 3.8) is 0 Å². The van der Waals surface area contributed by atoms with Gasteiger partial charge in [0.25, 0.3) is 0 Å². The van der Waals surface area contributed by atoms with E-state index in [1.165, 1.54) is 6.07 Å². The quantitative estimate of drug-likeness (QED) is 0.876. The van der Waals surface area contributed by atoms with Crippen molar-refractivity contribution in [3.8, 4) is 0 Å². The third-order valence-corrected chi connectivity index (χ3v) is 2.95. The van der Waals surface area contributed by atoms with E-state index in [1.807, 2.05) is 37.0 Å². The molecule has 17 heavy (non-hydrogen) atoms. The standard InChI is InChI=1S/C13H16FN3/c1-15-12(13-7-8-16-17(13)2)9-10-5-3-4-6-11(10)14/h3-8,12,15H,9H2,1-2H3. The first-order valence-electron chi connectivity index (χ1n) is 5.61. The largest absolute Gasteiger partial charge is 0.311 e. The highest BCUT2D eigenvalue weighted by Crippen LogP contribution is 2.19. The fourth-order valence-corrected chi connectivity index (χ4v) is 1.96. The predicted molar refractivity (Wildman–Crippen MR) is 65.1 cm³/mol. The maximum Gasteiger partial charge on any atom is 0.126 e. The van der Waals surface area contributed by atoms with Gasteiger partial charge in [0, 0.05) is 13.2 Å². The van der Waals surface area contributed by atoms with Crippen LogP contribution in [0.2, 0.25) is 0 Å². The minimum absolute atomic E-state index is 0.0689. The Bertz CT molecular complexity index is 493. The van der Waals surface area contributed by atoms with E-state index in [-0.39, 0.29) is 11.9 Å². The average molecular weight is 233 g/mol. The maximum absolute atomic E-state index is 13.6. The highest BCUT2D eigenvalue weighted by molar-refractivity contribution is 5.21. The van der Waals surface area contributed by atoms with Crippen LogP contribution in [-0.4, -0.2) is 16.8 Å². The van der Waals surface area contributed by atoms with Crippen molar-refractivity contribution in [3.05, 3.63) is 53.6 Å². The van der Waals surface area contributed by atoms with Crippen molar-refractivity contribution in [2.75, 3.05) is 7.05 Å². The van der Waals surface area contributed by atoms with Crippen LogP contribution in [0.3, 0.4) is 0 Å². The van der Waals surface area contributed by atoms with Crippen LogP contribution in [0.15, 0.2) is 36.5 Å². The van der Waals surface area contributed by atoms with Crippen LogP contribution < -0.4 is 5.32 Å². The van der Waals surface area contributed by atoms with Crippen LogP contribution in [-0.2, 0) is 13.5 Å². The number of halogens is 1. The van der Waals surface area contributed by atoms with Gasteiger partial charge in [-0.15, -0.1) is 0 Å². The number of nitrogens with one attached hydrogen (secondary N) is 1. The highest BCUT2D eigenvalue weighted by atomic mass is 19.1. The summed E-state index contributed by atoms with van der Waals surface area (Å²) in [6.07, 6.45) is 2.36. The van der Waals surface area contributed by atoms with Gasteiger partial charge >= 0.3 is 0 Å². The van der Waals surface area contributed by atoms with Crippen molar-refractivity contribution in [2.45, 2.75) is 12.5 Å². The number of aromatic nitrogens is 2. The molecule has 4 heteroatoms. The Balaban J connectivity index is 2.22. The fourth-order valence-electron chi connectivity index (χ4n) is 1.96. The monoisotopic (exact) mass is 233 g/mol. The molecule has 1 aromatic heterocycles. The molecule has 3 nitrogen and oxygen atoms in total. The van der Waals surface area contributed by atoms with Gasteiger partial charge in [0.05, 0.1) is 11.7 Å². The smallest absolute Gasteiger partial charge is 0.126 e. The summed E-state index contributed by atoms with van der Waals surface area (Å²) in [7, 11) is 3.76. The normalized spacial score (nSPS) is 12.6. The van der Waals surface area contributed by atoms with Crippen LogP contribution in [0.25, 0.3) is 0 Å². The molecular weight excluding hydrogens is 217 g/mol. The molecular formula is C13H16FN3. The Morgan fingerprint density at radius 1 is 1.35 bits per heavy atom. The van der Waals surface area contributed by atoms with E-state index < -0.39 is 0 Å². The molecule has 1 unspecified atom stereocenters. The summed E-state index contributed by atoms with van der Waals surface area (Å²) in [5, 5.41) is 7.33. The molecule has 0 fully saturated rings. The summed E-state index contributed by atoms with van der Waals surface area (Å²) >= 11 is 0. The summed E-state index contributed by atoms with van der Waals surface area (Å²) in [4.78, 5) is 0. The van der Waals surface area contributed by atoms with E-state index in [0.717, 1.165) is 5.69 Å². The Morgan fingerprint density at radius 3 is 2.71 bits per heavy atom. The molecule has 0 amide bonds. The van der Waals surface area contributed by atoms with Crippen molar-refractivity contribution >= 4 is 0 Å². The van der Waals surface area contributed by atoms with Crippen LogP contribution in [0.4, 0.5) is 4.39 Å². The number of likely N-dealkylation sites (N-methyl/N-ethyl adjacent to an activating group) is 1. The molecule has 0 radical (unpaired) electrons. The second kappa shape index (κ2) is 5.10. The lowest BCUT2D eigenvalue weighted by molar-refractivity contribution is 0.519. The van der Waals surface area contributed by atoms with Crippen LogP contribution in [0, 0.1) is 5.82 Å². The minimum atomic E-state index is -0.157. The van der Waals surface area contributed by atoms with E-state index in [1.54, 1.807) is 12.3 Å². The van der Waals surface area contributed by atoms with E-state index in [4.69, 9.17) is 0 Å². The number of hydrogen-bond acceptors (Lipinski definition) is 2. The molecule has 2 rings (SSSR count). The zero-order valence-corrected chi connectivity index (χ0v) is 10.0. The first-order valence-corrected chi connectivity index (χ1v) is 5.61. The van der Waals surface area contributed by atoms with Gasteiger partial charge in [-0.2, -0.15) is 5.10 Å². The molecule has 1 heterocycles. The molecule has 0 aliphatic carbocycles. The third kappa shape index (κ3) is 2.53. The van der Waals surface area contributed by atoms with Gasteiger partial charge < -0.3 is 5.32 Å². The molecule has 0 bridgehead atoms. The summed E-state index contributed by atoms with van der Waals surface area (Å²) < 4.78 is 15.4. The van der Waals surface area contributed by atoms with Crippen LogP contribution in [0.5, 0.6) is 0 Å². The van der Waals surface area contributed by atoms with Gasteiger partial charge in [-0.1, -0.05) is 18.2 Å². The summed E-state index contributed by atoms with van der Waals surface area (Å²) in [6.45, 7) is 0. The zero-order chi connectivity index (χ0) is 12.3. The maximum atomic E-state index is 13.6. The molecule has 1 N–H and O–H groups in total. The second-order valence-corrected chi connectivity index (χ2v) is 4.02. The Kier molecular flexibility index (Phi) is 3.54. The Morgan fingerprint density at radius 2 is 2.12 bits per heavy atom. The topological polar surface area (TPSA) is 29.9 Å². The first kappa shape index (κ1) is 11.8. The fraction of sp³-hybridized carbons (Fsp3) is 0.308. The molecule has 0 aliphatic rings. The summed E-state index contributed by atoms with van der Waals surface area (Å²) in [5.41, 5.74) is 1.77. The van der Waals surface area contributed by atoms with Gasteiger partial charge in [0.1, 0.15) is 5.82 Å². The number of benzene rings is 1.